The molecule has 0 radical (unpaired) electrons. The van der Waals surface area contributed by atoms with Gasteiger partial charge in [-0.1, -0.05) is 26.0 Å². The van der Waals surface area contributed by atoms with Crippen LogP contribution in [0, 0.1) is 0 Å². The van der Waals surface area contributed by atoms with Gasteiger partial charge in [0, 0.05) is 20.1 Å². The molecule has 0 unspecified atom stereocenters. The lowest BCUT2D eigenvalue weighted by Crippen LogP contribution is -2.36. The van der Waals surface area contributed by atoms with Gasteiger partial charge in [-0.25, -0.2) is 13.4 Å². The molecule has 1 aromatic rings. The van der Waals surface area contributed by atoms with Crippen molar-refractivity contribution in [3.05, 3.63) is 29.8 Å². The predicted octanol–water partition coefficient (Wildman–Crippen LogP) is 1.37. The number of nitrogens with one attached hydrogen (secondary N) is 2. The van der Waals surface area contributed by atoms with E-state index in [1.54, 1.807) is 26.2 Å². The molecule has 0 aromatic heterocycles. The molecule has 0 aliphatic heterocycles. The molecule has 5 nitrogen and oxygen atoms in total. The lowest BCUT2D eigenvalue weighted by atomic mass is 10.1. The van der Waals surface area contributed by atoms with Crippen LogP contribution in [-0.2, 0) is 16.4 Å². The maximum absolute atomic E-state index is 11.9. The Morgan fingerprint density at radius 3 is 2.25 bits per heavy atom. The number of nitrogens with zero attached hydrogens (tertiary/aromatic N) is 1. The van der Waals surface area contributed by atoms with Gasteiger partial charge < -0.3 is 5.32 Å². The lowest BCUT2D eigenvalue weighted by Gasteiger charge is -2.13. The van der Waals surface area contributed by atoms with E-state index in [9.17, 15) is 8.42 Å². The minimum absolute atomic E-state index is 0.287. The quantitative estimate of drug-likeness (QED) is 0.562. The van der Waals surface area contributed by atoms with Crippen LogP contribution in [0.5, 0.6) is 0 Å². The van der Waals surface area contributed by atoms with Gasteiger partial charge in [0.1, 0.15) is 0 Å². The SMILES string of the molecule is CC(C)NCCCc1ccc(S(=O)(=O)NN(C)C)cc1. The van der Waals surface area contributed by atoms with E-state index in [1.165, 1.54) is 5.01 Å². The number of rotatable bonds is 8. The van der Waals surface area contributed by atoms with Gasteiger partial charge in [0.2, 0.25) is 0 Å². The standard InChI is InChI=1S/C14H25N3O2S/c1-12(2)15-11-5-6-13-7-9-14(10-8-13)20(18,19)16-17(3)4/h7-10,12,15-16H,5-6,11H2,1-4H3. The fraction of sp³-hybridized carbons (Fsp3) is 0.571. The molecule has 1 rings (SSSR count). The highest BCUT2D eigenvalue weighted by molar-refractivity contribution is 7.89. The Bertz CT molecular complexity index is 496. The third-order valence-electron chi connectivity index (χ3n) is 2.73. The zero-order valence-electron chi connectivity index (χ0n) is 12.7. The van der Waals surface area contributed by atoms with Gasteiger partial charge in [0.15, 0.2) is 0 Å². The monoisotopic (exact) mass is 299 g/mol. The van der Waals surface area contributed by atoms with Crippen LogP contribution in [0.4, 0.5) is 0 Å². The molecule has 0 atom stereocenters. The molecule has 20 heavy (non-hydrogen) atoms. The van der Waals surface area contributed by atoms with Crippen molar-refractivity contribution in [1.82, 2.24) is 15.2 Å². The molecule has 0 saturated carbocycles. The zero-order valence-corrected chi connectivity index (χ0v) is 13.5. The third-order valence-corrected chi connectivity index (χ3v) is 4.23. The van der Waals surface area contributed by atoms with Crippen molar-refractivity contribution in [2.45, 2.75) is 37.6 Å². The second-order valence-electron chi connectivity index (χ2n) is 5.35. The highest BCUT2D eigenvalue weighted by Crippen LogP contribution is 2.11. The van der Waals surface area contributed by atoms with E-state index >= 15 is 0 Å². The predicted molar refractivity (Wildman–Crippen MR) is 81.9 cm³/mol. The van der Waals surface area contributed by atoms with Gasteiger partial charge in [-0.15, -0.1) is 4.83 Å². The molecule has 6 heteroatoms. The van der Waals surface area contributed by atoms with E-state index in [-0.39, 0.29) is 4.90 Å². The molecule has 0 aliphatic rings. The molecule has 0 heterocycles. The summed E-state index contributed by atoms with van der Waals surface area (Å²) in [6.07, 6.45) is 1.99. The van der Waals surface area contributed by atoms with E-state index in [2.05, 4.69) is 24.0 Å². The minimum Gasteiger partial charge on any atom is -0.315 e. The van der Waals surface area contributed by atoms with Gasteiger partial charge in [-0.3, -0.25) is 0 Å². The van der Waals surface area contributed by atoms with E-state index < -0.39 is 10.0 Å². The van der Waals surface area contributed by atoms with E-state index in [0.717, 1.165) is 24.9 Å². The summed E-state index contributed by atoms with van der Waals surface area (Å²) < 4.78 is 23.9. The van der Waals surface area contributed by atoms with Crippen LogP contribution >= 0.6 is 0 Å². The Labute approximate surface area is 122 Å². The number of hydrogen-bond acceptors (Lipinski definition) is 4. The molecular weight excluding hydrogens is 274 g/mol. The maximum Gasteiger partial charge on any atom is 0.253 e. The van der Waals surface area contributed by atoms with Crippen molar-refractivity contribution in [3.8, 4) is 0 Å². The first-order valence-electron chi connectivity index (χ1n) is 6.83. The van der Waals surface area contributed by atoms with Crippen molar-refractivity contribution in [2.24, 2.45) is 0 Å². The second kappa shape index (κ2) is 7.73. The van der Waals surface area contributed by atoms with Gasteiger partial charge >= 0.3 is 0 Å². The fourth-order valence-electron chi connectivity index (χ4n) is 1.81. The van der Waals surface area contributed by atoms with Crippen LogP contribution in [0.1, 0.15) is 25.8 Å². The van der Waals surface area contributed by atoms with Crippen molar-refractivity contribution < 1.29 is 8.42 Å². The summed E-state index contributed by atoms with van der Waals surface area (Å²) in [6, 6.07) is 7.55. The highest BCUT2D eigenvalue weighted by Gasteiger charge is 2.14. The zero-order chi connectivity index (χ0) is 15.2. The minimum atomic E-state index is -3.45. The van der Waals surface area contributed by atoms with E-state index in [0.29, 0.717) is 6.04 Å². The molecule has 0 saturated heterocycles. The summed E-state index contributed by atoms with van der Waals surface area (Å²) >= 11 is 0. The number of hydrogen-bond donors (Lipinski definition) is 2. The molecule has 0 spiro atoms. The van der Waals surface area contributed by atoms with Crippen LogP contribution in [0.3, 0.4) is 0 Å². The average molecular weight is 299 g/mol. The summed E-state index contributed by atoms with van der Waals surface area (Å²) in [6.45, 7) is 5.22. The van der Waals surface area contributed by atoms with Gasteiger partial charge in [-0.05, 0) is 37.1 Å². The number of hydrazine groups is 1. The summed E-state index contributed by atoms with van der Waals surface area (Å²) in [5.74, 6) is 0. The van der Waals surface area contributed by atoms with Crippen LogP contribution in [0.25, 0.3) is 0 Å². The summed E-state index contributed by atoms with van der Waals surface area (Å²) in [5, 5.41) is 4.78. The number of sulfonamides is 1. The Morgan fingerprint density at radius 2 is 1.75 bits per heavy atom. The normalized spacial score (nSPS) is 12.3. The summed E-state index contributed by atoms with van der Waals surface area (Å²) in [5.41, 5.74) is 1.15. The molecule has 1 aromatic carbocycles. The van der Waals surface area contributed by atoms with Crippen molar-refractivity contribution in [1.29, 1.82) is 0 Å². The molecule has 0 amide bonds. The fourth-order valence-corrected chi connectivity index (χ4v) is 2.89. The lowest BCUT2D eigenvalue weighted by molar-refractivity contribution is 0.364. The van der Waals surface area contributed by atoms with Gasteiger partial charge in [-0.2, -0.15) is 0 Å². The molecule has 114 valence electrons. The molecule has 0 bridgehead atoms. The molecule has 0 fully saturated rings. The van der Waals surface area contributed by atoms with Crippen LogP contribution < -0.4 is 10.1 Å². The first kappa shape index (κ1) is 17.1. The van der Waals surface area contributed by atoms with E-state index in [4.69, 9.17) is 0 Å². The second-order valence-corrected chi connectivity index (χ2v) is 7.01. The number of benzene rings is 1. The highest BCUT2D eigenvalue weighted by atomic mass is 32.2. The third kappa shape index (κ3) is 6.00. The summed E-state index contributed by atoms with van der Waals surface area (Å²) in [4.78, 5) is 2.70. The van der Waals surface area contributed by atoms with Crippen LogP contribution in [-0.4, -0.2) is 40.1 Å². The molecule has 2 N–H and O–H groups in total. The first-order valence-corrected chi connectivity index (χ1v) is 8.31. The van der Waals surface area contributed by atoms with Crippen molar-refractivity contribution in [3.63, 3.8) is 0 Å². The molecule has 0 aliphatic carbocycles. The smallest absolute Gasteiger partial charge is 0.253 e. The molecular formula is C14H25N3O2S. The first-order chi connectivity index (χ1) is 9.31. The number of aryl methyl sites for hydroxylation is 1. The largest absolute Gasteiger partial charge is 0.315 e. The Kier molecular flexibility index (Phi) is 6.61. The van der Waals surface area contributed by atoms with Gasteiger partial charge in [0.25, 0.3) is 10.0 Å². The Balaban J connectivity index is 2.56. The Morgan fingerprint density at radius 1 is 1.15 bits per heavy atom. The summed E-state index contributed by atoms with van der Waals surface area (Å²) in [7, 11) is -0.156. The average Bonchev–Trinajstić information content (AvgIpc) is 2.33. The maximum atomic E-state index is 11.9. The Hall–Kier alpha value is -0.950. The van der Waals surface area contributed by atoms with Crippen molar-refractivity contribution in [2.75, 3.05) is 20.6 Å². The van der Waals surface area contributed by atoms with Gasteiger partial charge in [0.05, 0.1) is 4.90 Å². The van der Waals surface area contributed by atoms with Crippen molar-refractivity contribution >= 4 is 10.0 Å². The van der Waals surface area contributed by atoms with Crippen LogP contribution in [0.15, 0.2) is 29.2 Å². The topological polar surface area (TPSA) is 61.4 Å². The van der Waals surface area contributed by atoms with Crippen LogP contribution in [0.2, 0.25) is 0 Å². The van der Waals surface area contributed by atoms with E-state index in [1.807, 2.05) is 12.1 Å².